The number of pyridine rings is 1. The Morgan fingerprint density at radius 1 is 1.22 bits per heavy atom. The molecule has 1 aliphatic heterocycles. The third kappa shape index (κ3) is 2.81. The van der Waals surface area contributed by atoms with Gasteiger partial charge in [0.1, 0.15) is 5.82 Å². The van der Waals surface area contributed by atoms with Crippen LogP contribution in [0.4, 0.5) is 5.82 Å². The van der Waals surface area contributed by atoms with Gasteiger partial charge in [-0.3, -0.25) is 9.89 Å². The number of amides is 1. The molecule has 1 saturated heterocycles. The molecule has 2 aromatic rings. The van der Waals surface area contributed by atoms with E-state index in [1.165, 1.54) is 11.3 Å². The Kier molecular flexibility index (Phi) is 3.73. The number of piperazine rings is 1. The quantitative estimate of drug-likeness (QED) is 0.907. The van der Waals surface area contributed by atoms with Crippen molar-refractivity contribution in [2.45, 2.75) is 19.3 Å². The number of nitrogens with zero attached hydrogens (tertiary/aromatic N) is 4. The molecule has 120 valence electrons. The third-order valence-electron chi connectivity index (χ3n) is 4.93. The van der Waals surface area contributed by atoms with Crippen molar-refractivity contribution < 1.29 is 4.79 Å². The number of fused-ring (bicyclic) bond motifs is 1. The minimum atomic E-state index is 0.113. The van der Waals surface area contributed by atoms with Crippen LogP contribution in [0.5, 0.6) is 0 Å². The van der Waals surface area contributed by atoms with Gasteiger partial charge in [-0.05, 0) is 37.0 Å². The summed E-state index contributed by atoms with van der Waals surface area (Å²) in [5.41, 5.74) is 2.41. The Labute approximate surface area is 135 Å². The minimum absolute atomic E-state index is 0.113. The van der Waals surface area contributed by atoms with Crippen LogP contribution in [0.3, 0.4) is 0 Å². The largest absolute Gasteiger partial charge is 0.353 e. The summed E-state index contributed by atoms with van der Waals surface area (Å²) >= 11 is 0. The molecule has 1 amide bonds. The molecule has 1 aliphatic carbocycles. The summed E-state index contributed by atoms with van der Waals surface area (Å²) in [4.78, 5) is 21.5. The standard InChI is InChI=1S/C17H21N5O/c23-17(13-4-5-15-14(11-13)12-19-20-15)22-9-7-21(8-10-22)16-3-1-2-6-18-16/h1-3,6,12-13H,4-5,7-11H2,(H,19,20). The zero-order chi connectivity index (χ0) is 15.6. The average Bonchev–Trinajstić information content (AvgIpc) is 3.10. The van der Waals surface area contributed by atoms with Crippen LogP contribution in [-0.4, -0.2) is 52.2 Å². The van der Waals surface area contributed by atoms with E-state index in [1.807, 2.05) is 35.5 Å². The van der Waals surface area contributed by atoms with Crippen LogP contribution < -0.4 is 4.90 Å². The van der Waals surface area contributed by atoms with E-state index in [0.717, 1.165) is 51.3 Å². The molecule has 1 atom stereocenters. The van der Waals surface area contributed by atoms with E-state index in [4.69, 9.17) is 0 Å². The lowest BCUT2D eigenvalue weighted by Gasteiger charge is -2.37. The molecule has 0 bridgehead atoms. The summed E-state index contributed by atoms with van der Waals surface area (Å²) in [6, 6.07) is 5.96. The number of hydrogen-bond donors (Lipinski definition) is 1. The Balaban J connectivity index is 1.36. The highest BCUT2D eigenvalue weighted by Gasteiger charge is 2.31. The van der Waals surface area contributed by atoms with E-state index >= 15 is 0 Å². The lowest BCUT2D eigenvalue weighted by atomic mass is 9.87. The smallest absolute Gasteiger partial charge is 0.226 e. The summed E-state index contributed by atoms with van der Waals surface area (Å²) in [6.07, 6.45) is 6.37. The molecule has 1 unspecified atom stereocenters. The van der Waals surface area contributed by atoms with Crippen LogP contribution in [0, 0.1) is 5.92 Å². The number of aromatic nitrogens is 3. The number of carbonyl (C=O) groups excluding carboxylic acids is 1. The topological polar surface area (TPSA) is 65.1 Å². The fourth-order valence-electron chi connectivity index (χ4n) is 3.58. The molecule has 2 aromatic heterocycles. The second-order valence-corrected chi connectivity index (χ2v) is 6.31. The molecule has 1 fully saturated rings. The van der Waals surface area contributed by atoms with E-state index in [-0.39, 0.29) is 5.92 Å². The van der Waals surface area contributed by atoms with Crippen LogP contribution in [0.15, 0.2) is 30.6 Å². The number of nitrogens with one attached hydrogen (secondary N) is 1. The number of rotatable bonds is 2. The first kappa shape index (κ1) is 14.2. The zero-order valence-corrected chi connectivity index (χ0v) is 13.1. The van der Waals surface area contributed by atoms with E-state index in [2.05, 4.69) is 20.1 Å². The third-order valence-corrected chi connectivity index (χ3v) is 4.93. The zero-order valence-electron chi connectivity index (χ0n) is 13.1. The van der Waals surface area contributed by atoms with Crippen molar-refractivity contribution in [1.29, 1.82) is 0 Å². The predicted octanol–water partition coefficient (Wildman–Crippen LogP) is 1.26. The van der Waals surface area contributed by atoms with Gasteiger partial charge >= 0.3 is 0 Å². The highest BCUT2D eigenvalue weighted by molar-refractivity contribution is 5.79. The van der Waals surface area contributed by atoms with E-state index in [9.17, 15) is 4.79 Å². The second kappa shape index (κ2) is 6.02. The van der Waals surface area contributed by atoms with Crippen LogP contribution in [0.1, 0.15) is 17.7 Å². The first-order valence-corrected chi connectivity index (χ1v) is 8.27. The molecule has 0 aromatic carbocycles. The Morgan fingerprint density at radius 3 is 2.87 bits per heavy atom. The second-order valence-electron chi connectivity index (χ2n) is 6.31. The van der Waals surface area contributed by atoms with Crippen molar-refractivity contribution in [3.05, 3.63) is 41.9 Å². The Morgan fingerprint density at radius 2 is 2.09 bits per heavy atom. The van der Waals surface area contributed by atoms with E-state index < -0.39 is 0 Å². The highest BCUT2D eigenvalue weighted by Crippen LogP contribution is 2.26. The lowest BCUT2D eigenvalue weighted by molar-refractivity contribution is -0.136. The monoisotopic (exact) mass is 311 g/mol. The number of anilines is 1. The maximum absolute atomic E-state index is 12.8. The van der Waals surface area contributed by atoms with Crippen molar-refractivity contribution in [2.24, 2.45) is 5.92 Å². The number of hydrogen-bond acceptors (Lipinski definition) is 4. The molecule has 2 aliphatic rings. The van der Waals surface area contributed by atoms with Gasteiger partial charge in [0.2, 0.25) is 5.91 Å². The highest BCUT2D eigenvalue weighted by atomic mass is 16.2. The fraction of sp³-hybridized carbons (Fsp3) is 0.471. The summed E-state index contributed by atoms with van der Waals surface area (Å²) in [6.45, 7) is 3.27. The molecular weight excluding hydrogens is 290 g/mol. The summed E-state index contributed by atoms with van der Waals surface area (Å²) in [7, 11) is 0. The van der Waals surface area contributed by atoms with Crippen molar-refractivity contribution in [1.82, 2.24) is 20.1 Å². The van der Waals surface area contributed by atoms with Gasteiger partial charge in [0.15, 0.2) is 0 Å². The molecule has 0 radical (unpaired) electrons. The van der Waals surface area contributed by atoms with E-state index in [1.54, 1.807) is 0 Å². The Bertz CT molecular complexity index is 675. The molecule has 4 rings (SSSR count). The van der Waals surface area contributed by atoms with Crippen molar-refractivity contribution in [3.8, 4) is 0 Å². The SMILES string of the molecule is O=C(C1CCc2[nH]ncc2C1)N1CCN(c2ccccn2)CC1. The average molecular weight is 311 g/mol. The van der Waals surface area contributed by atoms with Crippen LogP contribution in [0.25, 0.3) is 0 Å². The maximum atomic E-state index is 12.8. The number of aromatic amines is 1. The van der Waals surface area contributed by atoms with Gasteiger partial charge in [0.05, 0.1) is 6.20 Å². The summed E-state index contributed by atoms with van der Waals surface area (Å²) in [5.74, 6) is 1.42. The van der Waals surface area contributed by atoms with Crippen molar-refractivity contribution >= 4 is 11.7 Å². The summed E-state index contributed by atoms with van der Waals surface area (Å²) < 4.78 is 0. The van der Waals surface area contributed by atoms with Gasteiger partial charge in [-0.1, -0.05) is 6.07 Å². The van der Waals surface area contributed by atoms with Crippen LogP contribution in [-0.2, 0) is 17.6 Å². The molecule has 6 nitrogen and oxygen atoms in total. The van der Waals surface area contributed by atoms with Gasteiger partial charge in [0.25, 0.3) is 0 Å². The molecule has 1 N–H and O–H groups in total. The molecule has 3 heterocycles. The van der Waals surface area contributed by atoms with Gasteiger partial charge in [-0.2, -0.15) is 5.10 Å². The number of aryl methyl sites for hydroxylation is 1. The van der Waals surface area contributed by atoms with E-state index in [0.29, 0.717) is 5.91 Å². The molecular formula is C17H21N5O. The Hall–Kier alpha value is -2.37. The molecule has 0 saturated carbocycles. The lowest BCUT2D eigenvalue weighted by Crippen LogP contribution is -2.51. The predicted molar refractivity (Wildman–Crippen MR) is 87.1 cm³/mol. The van der Waals surface area contributed by atoms with Gasteiger partial charge in [-0.25, -0.2) is 4.98 Å². The van der Waals surface area contributed by atoms with Crippen LogP contribution >= 0.6 is 0 Å². The summed E-state index contributed by atoms with van der Waals surface area (Å²) in [5, 5.41) is 7.12. The van der Waals surface area contributed by atoms with Crippen molar-refractivity contribution in [3.63, 3.8) is 0 Å². The van der Waals surface area contributed by atoms with Gasteiger partial charge < -0.3 is 9.80 Å². The normalized spacial score (nSPS) is 21.1. The first-order valence-electron chi connectivity index (χ1n) is 8.27. The maximum Gasteiger partial charge on any atom is 0.226 e. The molecule has 23 heavy (non-hydrogen) atoms. The molecule has 0 spiro atoms. The van der Waals surface area contributed by atoms with Gasteiger partial charge in [0, 0.05) is 44.0 Å². The van der Waals surface area contributed by atoms with Gasteiger partial charge in [-0.15, -0.1) is 0 Å². The number of H-pyrrole nitrogens is 1. The molecule has 6 heteroatoms. The number of carbonyl (C=O) groups is 1. The van der Waals surface area contributed by atoms with Crippen LogP contribution in [0.2, 0.25) is 0 Å². The van der Waals surface area contributed by atoms with Crippen molar-refractivity contribution in [2.75, 3.05) is 31.1 Å². The fourth-order valence-corrected chi connectivity index (χ4v) is 3.58. The first-order chi connectivity index (χ1) is 11.3. The minimum Gasteiger partial charge on any atom is -0.353 e.